The second kappa shape index (κ2) is 4.74. The van der Waals surface area contributed by atoms with Gasteiger partial charge in [-0.2, -0.15) is 0 Å². The molecule has 0 spiro atoms. The smallest absolute Gasteiger partial charge is 0.161 e. The van der Waals surface area contributed by atoms with Crippen LogP contribution in [0.25, 0.3) is 0 Å². The van der Waals surface area contributed by atoms with Crippen molar-refractivity contribution in [2.75, 3.05) is 13.2 Å². The van der Waals surface area contributed by atoms with Crippen LogP contribution in [-0.2, 0) is 0 Å². The molecule has 1 aromatic carbocycles. The molecule has 1 aliphatic heterocycles. The molecule has 0 saturated carbocycles. The maximum Gasteiger partial charge on any atom is 0.161 e. The van der Waals surface area contributed by atoms with Gasteiger partial charge >= 0.3 is 0 Å². The van der Waals surface area contributed by atoms with Gasteiger partial charge in [0.25, 0.3) is 0 Å². The van der Waals surface area contributed by atoms with Crippen LogP contribution in [0.1, 0.15) is 31.9 Å². The van der Waals surface area contributed by atoms with Gasteiger partial charge in [-0.3, -0.25) is 0 Å². The zero-order valence-electron chi connectivity index (χ0n) is 9.86. The average molecular weight is 221 g/mol. The molecular weight excluding hydrogens is 202 g/mol. The number of hydrogen-bond acceptors (Lipinski definition) is 3. The predicted molar refractivity (Wildman–Crippen MR) is 63.8 cm³/mol. The van der Waals surface area contributed by atoms with E-state index >= 15 is 0 Å². The van der Waals surface area contributed by atoms with Crippen LogP contribution in [0.15, 0.2) is 18.2 Å². The van der Waals surface area contributed by atoms with Crippen molar-refractivity contribution in [2.45, 2.75) is 26.3 Å². The number of nitrogens with one attached hydrogen (secondary N) is 1. The summed E-state index contributed by atoms with van der Waals surface area (Å²) >= 11 is 0. The van der Waals surface area contributed by atoms with E-state index in [1.807, 2.05) is 19.1 Å². The molecule has 88 valence electrons. The van der Waals surface area contributed by atoms with Crippen LogP contribution in [0, 0.1) is 5.92 Å². The molecule has 1 aromatic rings. The molecule has 2 rings (SSSR count). The molecule has 3 nitrogen and oxygen atoms in total. The van der Waals surface area contributed by atoms with E-state index in [0.717, 1.165) is 13.0 Å². The highest BCUT2D eigenvalue weighted by Crippen LogP contribution is 2.33. The van der Waals surface area contributed by atoms with E-state index in [1.165, 1.54) is 5.56 Å². The van der Waals surface area contributed by atoms with Gasteiger partial charge in [0.05, 0.1) is 6.61 Å². The Morgan fingerprint density at radius 2 is 2.31 bits per heavy atom. The van der Waals surface area contributed by atoms with E-state index in [-0.39, 0.29) is 5.75 Å². The summed E-state index contributed by atoms with van der Waals surface area (Å²) in [5, 5.41) is 13.1. The van der Waals surface area contributed by atoms with E-state index in [0.29, 0.717) is 24.3 Å². The molecular formula is C13H19NO2. The first-order valence-electron chi connectivity index (χ1n) is 5.89. The van der Waals surface area contributed by atoms with Crippen LogP contribution >= 0.6 is 0 Å². The van der Waals surface area contributed by atoms with E-state index < -0.39 is 0 Å². The summed E-state index contributed by atoms with van der Waals surface area (Å²) in [5.74, 6) is 1.52. The third-order valence-electron chi connectivity index (χ3n) is 3.04. The van der Waals surface area contributed by atoms with E-state index in [4.69, 9.17) is 4.74 Å². The highest BCUT2D eigenvalue weighted by Gasteiger charge is 2.22. The first-order chi connectivity index (χ1) is 7.70. The van der Waals surface area contributed by atoms with Crippen molar-refractivity contribution < 1.29 is 9.84 Å². The zero-order chi connectivity index (χ0) is 11.5. The third-order valence-corrected chi connectivity index (χ3v) is 3.04. The fourth-order valence-corrected chi connectivity index (χ4v) is 2.18. The Morgan fingerprint density at radius 3 is 2.94 bits per heavy atom. The van der Waals surface area contributed by atoms with E-state index in [1.54, 1.807) is 6.07 Å². The lowest BCUT2D eigenvalue weighted by Gasteiger charge is -2.13. The summed E-state index contributed by atoms with van der Waals surface area (Å²) in [6.07, 6.45) is 1.15. The van der Waals surface area contributed by atoms with Gasteiger partial charge in [0.2, 0.25) is 0 Å². The second-order valence-electron chi connectivity index (χ2n) is 4.46. The van der Waals surface area contributed by atoms with Crippen LogP contribution in [0.3, 0.4) is 0 Å². The summed E-state index contributed by atoms with van der Waals surface area (Å²) in [5.41, 5.74) is 1.20. The minimum Gasteiger partial charge on any atom is -0.504 e. The molecule has 0 unspecified atom stereocenters. The Balaban J connectivity index is 2.18. The second-order valence-corrected chi connectivity index (χ2v) is 4.46. The third kappa shape index (κ3) is 2.30. The Morgan fingerprint density at radius 1 is 1.50 bits per heavy atom. The van der Waals surface area contributed by atoms with Crippen molar-refractivity contribution in [1.82, 2.24) is 5.32 Å². The molecule has 1 saturated heterocycles. The molecule has 1 heterocycles. The van der Waals surface area contributed by atoms with Crippen LogP contribution in [0.4, 0.5) is 0 Å². The highest BCUT2D eigenvalue weighted by atomic mass is 16.5. The molecule has 0 aromatic heterocycles. The number of aromatic hydroxyl groups is 1. The Labute approximate surface area is 96.4 Å². The summed E-state index contributed by atoms with van der Waals surface area (Å²) < 4.78 is 5.39. The number of rotatable bonds is 3. The number of phenols is 1. The lowest BCUT2D eigenvalue weighted by Crippen LogP contribution is -2.13. The van der Waals surface area contributed by atoms with Crippen LogP contribution in [0.2, 0.25) is 0 Å². The molecule has 2 atom stereocenters. The average Bonchev–Trinajstić information content (AvgIpc) is 2.69. The van der Waals surface area contributed by atoms with Crippen molar-refractivity contribution in [3.05, 3.63) is 23.8 Å². The summed E-state index contributed by atoms with van der Waals surface area (Å²) in [6, 6.07) is 6.02. The number of benzene rings is 1. The quantitative estimate of drug-likeness (QED) is 0.823. The maximum absolute atomic E-state index is 9.62. The largest absolute Gasteiger partial charge is 0.504 e. The predicted octanol–water partition coefficient (Wildman–Crippen LogP) is 2.46. The minimum atomic E-state index is 0.219. The Bertz CT molecular complexity index is 365. The molecule has 16 heavy (non-hydrogen) atoms. The van der Waals surface area contributed by atoms with Gasteiger partial charge in [0.1, 0.15) is 0 Å². The summed E-state index contributed by atoms with van der Waals surface area (Å²) in [4.78, 5) is 0. The van der Waals surface area contributed by atoms with Gasteiger partial charge < -0.3 is 15.2 Å². The van der Waals surface area contributed by atoms with Gasteiger partial charge in [0, 0.05) is 6.04 Å². The molecule has 0 aliphatic carbocycles. The summed E-state index contributed by atoms with van der Waals surface area (Å²) in [6.45, 7) is 5.81. The molecule has 0 bridgehead atoms. The van der Waals surface area contributed by atoms with Gasteiger partial charge in [-0.1, -0.05) is 13.0 Å². The molecule has 1 fully saturated rings. The standard InChI is InChI=1S/C13H19NO2/c1-3-16-13-7-10(4-5-12(13)15)11-6-9(2)8-14-11/h4-5,7,9,11,14-15H,3,6,8H2,1-2H3/t9-,11-/m1/s1. The molecule has 3 heteroatoms. The van der Waals surface area contributed by atoms with Crippen LogP contribution < -0.4 is 10.1 Å². The normalized spacial score (nSPS) is 24.6. The fourth-order valence-electron chi connectivity index (χ4n) is 2.18. The highest BCUT2D eigenvalue weighted by molar-refractivity contribution is 5.43. The molecule has 0 amide bonds. The van der Waals surface area contributed by atoms with Gasteiger partial charge in [0.15, 0.2) is 11.5 Å². The zero-order valence-corrected chi connectivity index (χ0v) is 9.86. The summed E-state index contributed by atoms with van der Waals surface area (Å²) in [7, 11) is 0. The molecule has 0 radical (unpaired) electrons. The van der Waals surface area contributed by atoms with Crippen molar-refractivity contribution in [3.63, 3.8) is 0 Å². The van der Waals surface area contributed by atoms with Crippen LogP contribution in [-0.4, -0.2) is 18.3 Å². The lowest BCUT2D eigenvalue weighted by molar-refractivity contribution is 0.317. The minimum absolute atomic E-state index is 0.219. The van der Waals surface area contributed by atoms with Gasteiger partial charge in [-0.05, 0) is 43.5 Å². The SMILES string of the molecule is CCOc1cc([C@H]2C[C@@H](C)CN2)ccc1O. The lowest BCUT2D eigenvalue weighted by atomic mass is 10.0. The van der Waals surface area contributed by atoms with Crippen molar-refractivity contribution >= 4 is 0 Å². The number of phenolic OH excluding ortho intramolecular Hbond substituents is 1. The number of ether oxygens (including phenoxy) is 1. The molecule has 2 N–H and O–H groups in total. The van der Waals surface area contributed by atoms with Gasteiger partial charge in [-0.15, -0.1) is 0 Å². The van der Waals surface area contributed by atoms with Gasteiger partial charge in [-0.25, -0.2) is 0 Å². The first-order valence-corrected chi connectivity index (χ1v) is 5.89. The van der Waals surface area contributed by atoms with E-state index in [2.05, 4.69) is 12.2 Å². The monoisotopic (exact) mass is 221 g/mol. The van der Waals surface area contributed by atoms with Crippen molar-refractivity contribution in [1.29, 1.82) is 0 Å². The first kappa shape index (κ1) is 11.3. The van der Waals surface area contributed by atoms with Crippen LogP contribution in [0.5, 0.6) is 11.5 Å². The fraction of sp³-hybridized carbons (Fsp3) is 0.538. The Hall–Kier alpha value is -1.22. The maximum atomic E-state index is 9.62. The Kier molecular flexibility index (Phi) is 3.34. The van der Waals surface area contributed by atoms with E-state index in [9.17, 15) is 5.11 Å². The van der Waals surface area contributed by atoms with Crippen molar-refractivity contribution in [2.24, 2.45) is 5.92 Å². The molecule has 1 aliphatic rings. The van der Waals surface area contributed by atoms with Crippen molar-refractivity contribution in [3.8, 4) is 11.5 Å². The topological polar surface area (TPSA) is 41.5 Å². The number of hydrogen-bond donors (Lipinski definition) is 2.